The minimum Gasteiger partial charge on any atom is -0.508 e. The molecule has 4 amide bonds. The molecule has 0 saturated carbocycles. The number of carboxylic acids is 1. The zero-order valence-electron chi connectivity index (χ0n) is 18.5. The van der Waals surface area contributed by atoms with Gasteiger partial charge in [0.2, 0.25) is 23.6 Å². The highest BCUT2D eigenvalue weighted by Gasteiger charge is 2.30. The third kappa shape index (κ3) is 9.99. The molecule has 3 unspecified atom stereocenters. The number of rotatable bonds is 13. The van der Waals surface area contributed by atoms with Crippen molar-refractivity contribution in [3.8, 4) is 5.75 Å². The minimum absolute atomic E-state index is 0.0756. The van der Waals surface area contributed by atoms with Crippen LogP contribution in [0, 0.1) is 5.92 Å². The Hall–Kier alpha value is -3.67. The fourth-order valence-corrected chi connectivity index (χ4v) is 2.88. The van der Waals surface area contributed by atoms with Crippen molar-refractivity contribution in [1.29, 1.82) is 0 Å². The molecule has 1 aromatic rings. The summed E-state index contributed by atoms with van der Waals surface area (Å²) < 4.78 is 0. The monoisotopic (exact) mass is 465 g/mol. The Kier molecular flexibility index (Phi) is 10.8. The third-order valence-corrected chi connectivity index (χ3v) is 4.70. The lowest BCUT2D eigenvalue weighted by molar-refractivity contribution is -0.138. The molecule has 0 aliphatic carbocycles. The van der Waals surface area contributed by atoms with Gasteiger partial charge in [0.05, 0.1) is 6.04 Å². The number of aliphatic carboxylic acids is 1. The number of nitrogens with one attached hydrogen (secondary N) is 3. The van der Waals surface area contributed by atoms with Crippen LogP contribution in [0.15, 0.2) is 24.3 Å². The molecule has 0 aromatic heterocycles. The SMILES string of the molecule is CC(C)C(NC(=O)C(N)Cc1ccc(O)cc1)C(=O)NC(CCC(N)=O)C(=O)NCC(=O)O. The van der Waals surface area contributed by atoms with Crippen molar-refractivity contribution in [2.45, 2.75) is 51.2 Å². The number of primary amides is 1. The van der Waals surface area contributed by atoms with Crippen molar-refractivity contribution in [3.05, 3.63) is 29.8 Å². The van der Waals surface area contributed by atoms with Crippen molar-refractivity contribution in [2.75, 3.05) is 6.54 Å². The average molecular weight is 466 g/mol. The molecule has 0 radical (unpaired) electrons. The van der Waals surface area contributed by atoms with E-state index in [9.17, 15) is 29.1 Å². The second-order valence-electron chi connectivity index (χ2n) is 7.89. The van der Waals surface area contributed by atoms with E-state index in [0.29, 0.717) is 5.56 Å². The number of carbonyl (C=O) groups is 5. The van der Waals surface area contributed by atoms with E-state index in [1.807, 2.05) is 0 Å². The van der Waals surface area contributed by atoms with E-state index in [4.69, 9.17) is 16.6 Å². The van der Waals surface area contributed by atoms with Crippen LogP contribution in [0.1, 0.15) is 32.3 Å². The Balaban J connectivity index is 2.84. The zero-order valence-corrected chi connectivity index (χ0v) is 18.5. The van der Waals surface area contributed by atoms with Crippen LogP contribution in [0.5, 0.6) is 5.75 Å². The molecule has 0 heterocycles. The summed E-state index contributed by atoms with van der Waals surface area (Å²) in [6, 6.07) is 2.91. The van der Waals surface area contributed by atoms with Gasteiger partial charge in [-0.2, -0.15) is 0 Å². The second-order valence-corrected chi connectivity index (χ2v) is 7.89. The van der Waals surface area contributed by atoms with Crippen LogP contribution in [0.2, 0.25) is 0 Å². The van der Waals surface area contributed by atoms with E-state index in [-0.39, 0.29) is 30.9 Å². The molecule has 0 fully saturated rings. The number of benzene rings is 1. The van der Waals surface area contributed by atoms with Gasteiger partial charge in [-0.05, 0) is 36.5 Å². The first kappa shape index (κ1) is 27.4. The van der Waals surface area contributed by atoms with Gasteiger partial charge in [0.15, 0.2) is 0 Å². The molecule has 182 valence electrons. The molecule has 1 rings (SSSR count). The van der Waals surface area contributed by atoms with Crippen LogP contribution in [0.4, 0.5) is 0 Å². The van der Waals surface area contributed by atoms with E-state index in [2.05, 4.69) is 16.0 Å². The number of phenols is 1. The number of amides is 4. The Labute approximate surface area is 191 Å². The smallest absolute Gasteiger partial charge is 0.322 e. The van der Waals surface area contributed by atoms with E-state index >= 15 is 0 Å². The first-order chi connectivity index (χ1) is 15.4. The highest BCUT2D eigenvalue weighted by atomic mass is 16.4. The van der Waals surface area contributed by atoms with Gasteiger partial charge in [0, 0.05) is 6.42 Å². The summed E-state index contributed by atoms with van der Waals surface area (Å²) in [5.74, 6) is -4.38. The summed E-state index contributed by atoms with van der Waals surface area (Å²) in [4.78, 5) is 59.5. The molecule has 9 N–H and O–H groups in total. The minimum atomic E-state index is -1.28. The fraction of sp³-hybridized carbons (Fsp3) is 0.476. The largest absolute Gasteiger partial charge is 0.508 e. The van der Waals surface area contributed by atoms with Gasteiger partial charge in [0.25, 0.3) is 0 Å². The topological polar surface area (TPSA) is 214 Å². The highest BCUT2D eigenvalue weighted by molar-refractivity contribution is 5.94. The molecule has 12 nitrogen and oxygen atoms in total. The molecule has 0 aliphatic rings. The molecular weight excluding hydrogens is 434 g/mol. The van der Waals surface area contributed by atoms with Crippen LogP contribution < -0.4 is 27.4 Å². The number of hydrogen-bond acceptors (Lipinski definition) is 7. The lowest BCUT2D eigenvalue weighted by atomic mass is 10.0. The van der Waals surface area contributed by atoms with E-state index in [1.54, 1.807) is 26.0 Å². The molecular formula is C21H31N5O7. The Morgan fingerprint density at radius 1 is 0.970 bits per heavy atom. The molecule has 0 bridgehead atoms. The van der Waals surface area contributed by atoms with Gasteiger partial charge < -0.3 is 37.6 Å². The van der Waals surface area contributed by atoms with Crippen molar-refractivity contribution >= 4 is 29.6 Å². The van der Waals surface area contributed by atoms with E-state index < -0.39 is 54.3 Å². The van der Waals surface area contributed by atoms with Gasteiger partial charge in [-0.3, -0.25) is 24.0 Å². The normalized spacial score (nSPS) is 13.5. The number of aromatic hydroxyl groups is 1. The molecule has 0 spiro atoms. The molecule has 3 atom stereocenters. The second kappa shape index (κ2) is 13.0. The summed E-state index contributed by atoms with van der Waals surface area (Å²) in [6.45, 7) is 2.69. The van der Waals surface area contributed by atoms with Crippen molar-refractivity contribution in [2.24, 2.45) is 17.4 Å². The summed E-state index contributed by atoms with van der Waals surface area (Å²) in [6.07, 6.45) is -0.204. The molecule has 12 heteroatoms. The van der Waals surface area contributed by atoms with E-state index in [0.717, 1.165) is 0 Å². The number of carboxylic acid groups (broad SMARTS) is 1. The summed E-state index contributed by atoms with van der Waals surface area (Å²) in [7, 11) is 0. The van der Waals surface area contributed by atoms with Crippen molar-refractivity contribution in [3.63, 3.8) is 0 Å². The lowest BCUT2D eigenvalue weighted by Crippen LogP contribution is -2.57. The van der Waals surface area contributed by atoms with Crippen molar-refractivity contribution < 1.29 is 34.2 Å². The molecule has 33 heavy (non-hydrogen) atoms. The summed E-state index contributed by atoms with van der Waals surface area (Å²) in [5.41, 5.74) is 11.8. The lowest BCUT2D eigenvalue weighted by Gasteiger charge is -2.26. The van der Waals surface area contributed by atoms with Crippen LogP contribution in [-0.4, -0.2) is 64.5 Å². The average Bonchev–Trinajstić information content (AvgIpc) is 2.73. The maximum atomic E-state index is 12.8. The van der Waals surface area contributed by atoms with Crippen LogP contribution in [0.3, 0.4) is 0 Å². The summed E-state index contributed by atoms with van der Waals surface area (Å²) in [5, 5.41) is 25.2. The maximum Gasteiger partial charge on any atom is 0.322 e. The Bertz CT molecular complexity index is 857. The number of nitrogens with two attached hydrogens (primary N) is 2. The van der Waals surface area contributed by atoms with Crippen LogP contribution >= 0.6 is 0 Å². The predicted molar refractivity (Wildman–Crippen MR) is 118 cm³/mol. The van der Waals surface area contributed by atoms with E-state index in [1.165, 1.54) is 12.1 Å². The van der Waals surface area contributed by atoms with Gasteiger partial charge in [-0.1, -0.05) is 26.0 Å². The summed E-state index contributed by atoms with van der Waals surface area (Å²) >= 11 is 0. The fourth-order valence-electron chi connectivity index (χ4n) is 2.88. The zero-order chi connectivity index (χ0) is 25.1. The van der Waals surface area contributed by atoms with Gasteiger partial charge >= 0.3 is 5.97 Å². The van der Waals surface area contributed by atoms with Crippen LogP contribution in [-0.2, 0) is 30.4 Å². The van der Waals surface area contributed by atoms with Crippen molar-refractivity contribution in [1.82, 2.24) is 16.0 Å². The molecule has 0 saturated heterocycles. The Morgan fingerprint density at radius 2 is 1.58 bits per heavy atom. The van der Waals surface area contributed by atoms with Gasteiger partial charge in [-0.25, -0.2) is 0 Å². The quantitative estimate of drug-likeness (QED) is 0.179. The predicted octanol–water partition coefficient (Wildman–Crippen LogP) is -1.65. The van der Waals surface area contributed by atoms with Crippen LogP contribution in [0.25, 0.3) is 0 Å². The number of carbonyl (C=O) groups excluding carboxylic acids is 4. The Morgan fingerprint density at radius 3 is 2.09 bits per heavy atom. The maximum absolute atomic E-state index is 12.8. The standard InChI is InChI=1S/C21H31N5O7/c1-11(2)18(26-19(31)14(22)9-12-3-5-13(27)6-4-12)21(33)25-15(7-8-16(23)28)20(32)24-10-17(29)30/h3-6,11,14-15,18,27H,7-10,22H2,1-2H3,(H2,23,28)(H,24,32)(H,25,33)(H,26,31)(H,29,30). The number of hydrogen-bond donors (Lipinski definition) is 7. The molecule has 0 aliphatic heterocycles. The third-order valence-electron chi connectivity index (χ3n) is 4.70. The first-order valence-electron chi connectivity index (χ1n) is 10.3. The van der Waals surface area contributed by atoms with Gasteiger partial charge in [-0.15, -0.1) is 0 Å². The molecule has 1 aromatic carbocycles. The first-order valence-corrected chi connectivity index (χ1v) is 10.3. The highest BCUT2D eigenvalue weighted by Crippen LogP contribution is 2.11. The number of phenolic OH excluding ortho intramolecular Hbond substituents is 1. The van der Waals surface area contributed by atoms with Gasteiger partial charge in [0.1, 0.15) is 24.4 Å².